The number of aromatic nitrogens is 3. The predicted octanol–water partition coefficient (Wildman–Crippen LogP) is 2.92. The molecule has 2 rings (SSSR count). The van der Waals surface area contributed by atoms with Crippen LogP contribution in [0.3, 0.4) is 0 Å². The molecule has 8 heteroatoms. The Morgan fingerprint density at radius 1 is 1.17 bits per heavy atom. The van der Waals surface area contributed by atoms with Gasteiger partial charge in [-0.1, -0.05) is 17.7 Å². The average molecular weight is 329 g/mol. The topological polar surface area (TPSA) is 49.2 Å². The Bertz CT molecular complexity index is 624. The summed E-state index contributed by atoms with van der Waals surface area (Å²) in [6.45, 7) is 0.999. The Balaban J connectivity index is 2.10. The molecule has 23 heavy (non-hydrogen) atoms. The van der Waals surface area contributed by atoms with E-state index in [1.165, 1.54) is 7.11 Å². The van der Waals surface area contributed by atoms with Crippen molar-refractivity contribution in [3.05, 3.63) is 41.5 Å². The van der Waals surface area contributed by atoms with Gasteiger partial charge in [-0.2, -0.15) is 18.3 Å². The first-order chi connectivity index (χ1) is 10.9. The van der Waals surface area contributed by atoms with E-state index < -0.39 is 12.7 Å². The van der Waals surface area contributed by atoms with Gasteiger partial charge in [-0.25, -0.2) is 9.67 Å². The van der Waals surface area contributed by atoms with Gasteiger partial charge in [0.15, 0.2) is 11.6 Å². The Kier molecular flexibility index (Phi) is 5.59. The third-order valence-electron chi connectivity index (χ3n) is 3.04. The van der Waals surface area contributed by atoms with Gasteiger partial charge in [0.2, 0.25) is 0 Å². The summed E-state index contributed by atoms with van der Waals surface area (Å²) in [4.78, 5) is 4.11. The molecule has 1 aromatic heterocycles. The maximum absolute atomic E-state index is 12.6. The van der Waals surface area contributed by atoms with E-state index in [-0.39, 0.29) is 12.4 Å². The third kappa shape index (κ3) is 5.55. The smallest absolute Gasteiger partial charge is 0.408 e. The molecule has 0 aliphatic carbocycles. The van der Waals surface area contributed by atoms with E-state index in [4.69, 9.17) is 9.47 Å². The summed E-state index contributed by atoms with van der Waals surface area (Å²) in [6.07, 6.45) is -4.02. The van der Waals surface area contributed by atoms with E-state index in [1.807, 2.05) is 19.1 Å². The number of hydrogen-bond donors (Lipinski definition) is 0. The van der Waals surface area contributed by atoms with Gasteiger partial charge in [0.25, 0.3) is 0 Å². The average Bonchev–Trinajstić information content (AvgIpc) is 2.84. The highest BCUT2D eigenvalue weighted by Gasteiger charge is 2.30. The number of hydrogen-bond acceptors (Lipinski definition) is 4. The number of nitrogens with zero attached hydrogens (tertiary/aromatic N) is 3. The van der Waals surface area contributed by atoms with Crippen LogP contribution in [-0.2, 0) is 24.3 Å². The fourth-order valence-electron chi connectivity index (χ4n) is 1.91. The number of halogens is 3. The first kappa shape index (κ1) is 17.3. The maximum atomic E-state index is 12.6. The number of aryl methyl sites for hydroxylation is 1. The van der Waals surface area contributed by atoms with E-state index in [1.54, 1.807) is 12.1 Å². The Hall–Kier alpha value is -2.09. The lowest BCUT2D eigenvalue weighted by atomic mass is 10.2. The van der Waals surface area contributed by atoms with Crippen LogP contribution in [0.2, 0.25) is 0 Å². The standard InChI is InChI=1S/C15H18F3N3O2/c1-11-3-5-12(6-4-11)23-9-14-19-13(7-8-22-2)20-21(14)10-15(16,17)18/h3-6H,7-10H2,1-2H3. The van der Waals surface area contributed by atoms with Crippen LogP contribution in [0.25, 0.3) is 0 Å². The summed E-state index contributed by atoms with van der Waals surface area (Å²) in [5, 5.41) is 3.89. The van der Waals surface area contributed by atoms with Crippen molar-refractivity contribution < 1.29 is 22.6 Å². The highest BCUT2D eigenvalue weighted by Crippen LogP contribution is 2.19. The second-order valence-electron chi connectivity index (χ2n) is 5.06. The molecule has 0 amide bonds. The summed E-state index contributed by atoms with van der Waals surface area (Å²) >= 11 is 0. The summed E-state index contributed by atoms with van der Waals surface area (Å²) in [5.74, 6) is 1.00. The maximum Gasteiger partial charge on any atom is 0.408 e. The van der Waals surface area contributed by atoms with Crippen LogP contribution in [0.5, 0.6) is 5.75 Å². The van der Waals surface area contributed by atoms with Crippen LogP contribution in [0.1, 0.15) is 17.2 Å². The van der Waals surface area contributed by atoms with Gasteiger partial charge < -0.3 is 9.47 Å². The van der Waals surface area contributed by atoms with Crippen molar-refractivity contribution in [1.29, 1.82) is 0 Å². The molecule has 0 spiro atoms. The van der Waals surface area contributed by atoms with E-state index in [0.717, 1.165) is 10.2 Å². The third-order valence-corrected chi connectivity index (χ3v) is 3.04. The second-order valence-corrected chi connectivity index (χ2v) is 5.06. The summed E-state index contributed by atoms with van der Waals surface area (Å²) in [7, 11) is 1.51. The summed E-state index contributed by atoms with van der Waals surface area (Å²) in [5.41, 5.74) is 1.07. The molecule has 1 heterocycles. The van der Waals surface area contributed by atoms with Gasteiger partial charge in [-0.05, 0) is 19.1 Å². The minimum Gasteiger partial charge on any atom is -0.486 e. The van der Waals surface area contributed by atoms with Crippen molar-refractivity contribution in [2.75, 3.05) is 13.7 Å². The Morgan fingerprint density at radius 2 is 1.87 bits per heavy atom. The van der Waals surface area contributed by atoms with E-state index in [9.17, 15) is 13.2 Å². The molecule has 0 saturated carbocycles. The van der Waals surface area contributed by atoms with Crippen LogP contribution >= 0.6 is 0 Å². The number of ether oxygens (including phenoxy) is 2. The van der Waals surface area contributed by atoms with Gasteiger partial charge in [-0.3, -0.25) is 0 Å². The zero-order valence-corrected chi connectivity index (χ0v) is 12.9. The predicted molar refractivity (Wildman–Crippen MR) is 77.2 cm³/mol. The van der Waals surface area contributed by atoms with Gasteiger partial charge >= 0.3 is 6.18 Å². The lowest BCUT2D eigenvalue weighted by Crippen LogP contribution is -2.21. The fourth-order valence-corrected chi connectivity index (χ4v) is 1.91. The SMILES string of the molecule is COCCc1nc(COc2ccc(C)cc2)n(CC(F)(F)F)n1. The molecule has 0 atom stereocenters. The van der Waals surface area contributed by atoms with Crippen LogP contribution < -0.4 is 4.74 Å². The van der Waals surface area contributed by atoms with Crippen molar-refractivity contribution in [3.8, 4) is 5.75 Å². The number of alkyl halides is 3. The molecule has 0 radical (unpaired) electrons. The van der Waals surface area contributed by atoms with Gasteiger partial charge in [-0.15, -0.1) is 0 Å². The minimum absolute atomic E-state index is 0.0842. The van der Waals surface area contributed by atoms with Crippen LogP contribution in [0.4, 0.5) is 13.2 Å². The lowest BCUT2D eigenvalue weighted by Gasteiger charge is -2.10. The highest BCUT2D eigenvalue weighted by atomic mass is 19.4. The molecular weight excluding hydrogens is 311 g/mol. The highest BCUT2D eigenvalue weighted by molar-refractivity contribution is 5.26. The summed E-state index contributed by atoms with van der Waals surface area (Å²) < 4.78 is 49.1. The van der Waals surface area contributed by atoms with Crippen LogP contribution in [-0.4, -0.2) is 34.7 Å². The molecule has 0 N–H and O–H groups in total. The largest absolute Gasteiger partial charge is 0.486 e. The van der Waals surface area contributed by atoms with Crippen molar-refractivity contribution in [3.63, 3.8) is 0 Å². The molecule has 0 fully saturated rings. The van der Waals surface area contributed by atoms with E-state index in [2.05, 4.69) is 10.1 Å². The first-order valence-corrected chi connectivity index (χ1v) is 7.05. The Labute approximate surface area is 132 Å². The molecule has 126 valence electrons. The normalized spacial score (nSPS) is 11.7. The first-order valence-electron chi connectivity index (χ1n) is 7.05. The zero-order chi connectivity index (χ0) is 16.9. The van der Waals surface area contributed by atoms with E-state index in [0.29, 0.717) is 24.6 Å². The zero-order valence-electron chi connectivity index (χ0n) is 12.9. The van der Waals surface area contributed by atoms with Gasteiger partial charge in [0.05, 0.1) is 6.61 Å². The lowest BCUT2D eigenvalue weighted by molar-refractivity contribution is -0.143. The molecule has 0 bridgehead atoms. The molecule has 0 unspecified atom stereocenters. The molecule has 0 aliphatic heterocycles. The van der Waals surface area contributed by atoms with E-state index >= 15 is 0 Å². The summed E-state index contributed by atoms with van der Waals surface area (Å²) in [6, 6.07) is 7.23. The van der Waals surface area contributed by atoms with Crippen molar-refractivity contribution in [2.45, 2.75) is 32.7 Å². The molecule has 5 nitrogen and oxygen atoms in total. The van der Waals surface area contributed by atoms with Crippen molar-refractivity contribution in [1.82, 2.24) is 14.8 Å². The molecule has 0 aliphatic rings. The molecule has 1 aromatic carbocycles. The van der Waals surface area contributed by atoms with Gasteiger partial charge in [0.1, 0.15) is 18.9 Å². The number of benzene rings is 1. The Morgan fingerprint density at radius 3 is 2.48 bits per heavy atom. The molecule has 0 saturated heterocycles. The monoisotopic (exact) mass is 329 g/mol. The minimum atomic E-state index is -4.37. The van der Waals surface area contributed by atoms with Crippen molar-refractivity contribution >= 4 is 0 Å². The van der Waals surface area contributed by atoms with Crippen LogP contribution in [0, 0.1) is 6.92 Å². The molecular formula is C15H18F3N3O2. The quantitative estimate of drug-likeness (QED) is 0.784. The van der Waals surface area contributed by atoms with Gasteiger partial charge in [0, 0.05) is 13.5 Å². The second kappa shape index (κ2) is 7.45. The molecule has 2 aromatic rings. The number of rotatable bonds is 7. The van der Waals surface area contributed by atoms with Crippen LogP contribution in [0.15, 0.2) is 24.3 Å². The number of methoxy groups -OCH3 is 1. The fraction of sp³-hybridized carbons (Fsp3) is 0.467. The van der Waals surface area contributed by atoms with Crippen molar-refractivity contribution in [2.24, 2.45) is 0 Å².